The van der Waals surface area contributed by atoms with Crippen LogP contribution in [-0.4, -0.2) is 45.7 Å². The SMILES string of the molecule is CN(C)CCc1nnnn1-c1ccc(Br)cc1. The number of aromatic nitrogens is 4. The normalized spacial score (nSPS) is 11.1. The number of benzene rings is 1. The molecule has 0 N–H and O–H groups in total. The fourth-order valence-corrected chi connectivity index (χ4v) is 1.73. The number of rotatable bonds is 4. The van der Waals surface area contributed by atoms with Gasteiger partial charge in [-0.05, 0) is 48.8 Å². The molecule has 0 unspecified atom stereocenters. The first-order valence-corrected chi connectivity index (χ1v) is 6.14. The van der Waals surface area contributed by atoms with E-state index < -0.39 is 0 Å². The summed E-state index contributed by atoms with van der Waals surface area (Å²) in [5.41, 5.74) is 0.979. The van der Waals surface area contributed by atoms with Gasteiger partial charge in [0.2, 0.25) is 0 Å². The van der Waals surface area contributed by atoms with Crippen molar-refractivity contribution in [1.29, 1.82) is 0 Å². The molecule has 0 amide bonds. The highest BCUT2D eigenvalue weighted by molar-refractivity contribution is 9.10. The van der Waals surface area contributed by atoms with Gasteiger partial charge in [0.15, 0.2) is 5.82 Å². The van der Waals surface area contributed by atoms with Crippen molar-refractivity contribution in [2.75, 3.05) is 20.6 Å². The highest BCUT2D eigenvalue weighted by Gasteiger charge is 2.08. The molecule has 6 heteroatoms. The van der Waals surface area contributed by atoms with Crippen LogP contribution in [0.5, 0.6) is 0 Å². The molecule has 0 spiro atoms. The molecule has 0 radical (unpaired) electrons. The summed E-state index contributed by atoms with van der Waals surface area (Å²) in [5, 5.41) is 11.8. The summed E-state index contributed by atoms with van der Waals surface area (Å²) >= 11 is 3.41. The molecule has 5 nitrogen and oxygen atoms in total. The summed E-state index contributed by atoms with van der Waals surface area (Å²) in [6.45, 7) is 0.927. The highest BCUT2D eigenvalue weighted by Crippen LogP contribution is 2.14. The summed E-state index contributed by atoms with van der Waals surface area (Å²) in [5.74, 6) is 0.876. The maximum atomic E-state index is 4.05. The molecule has 0 aliphatic heterocycles. The van der Waals surface area contributed by atoms with Crippen LogP contribution in [0.1, 0.15) is 5.82 Å². The van der Waals surface area contributed by atoms with Crippen molar-refractivity contribution in [3.63, 3.8) is 0 Å². The summed E-state index contributed by atoms with van der Waals surface area (Å²) in [7, 11) is 4.07. The monoisotopic (exact) mass is 295 g/mol. The van der Waals surface area contributed by atoms with E-state index >= 15 is 0 Å². The number of halogens is 1. The molecular formula is C11H14BrN5. The fraction of sp³-hybridized carbons (Fsp3) is 0.364. The third-order valence-electron chi connectivity index (χ3n) is 2.39. The zero-order chi connectivity index (χ0) is 12.3. The third-order valence-corrected chi connectivity index (χ3v) is 2.92. The van der Waals surface area contributed by atoms with Gasteiger partial charge in [0.1, 0.15) is 0 Å². The molecular weight excluding hydrogens is 282 g/mol. The van der Waals surface area contributed by atoms with E-state index in [1.165, 1.54) is 0 Å². The van der Waals surface area contributed by atoms with Crippen molar-refractivity contribution in [2.24, 2.45) is 0 Å². The van der Waals surface area contributed by atoms with E-state index in [9.17, 15) is 0 Å². The van der Waals surface area contributed by atoms with E-state index in [0.29, 0.717) is 0 Å². The first kappa shape index (κ1) is 12.2. The topological polar surface area (TPSA) is 46.8 Å². The lowest BCUT2D eigenvalue weighted by molar-refractivity contribution is 0.408. The molecule has 1 aromatic heterocycles. The number of nitrogens with zero attached hydrogens (tertiary/aromatic N) is 5. The lowest BCUT2D eigenvalue weighted by Crippen LogP contribution is -2.17. The summed E-state index contributed by atoms with van der Waals surface area (Å²) in [6.07, 6.45) is 0.829. The second-order valence-corrected chi connectivity index (χ2v) is 4.95. The molecule has 2 rings (SSSR count). The molecule has 90 valence electrons. The van der Waals surface area contributed by atoms with Crippen molar-refractivity contribution in [3.05, 3.63) is 34.6 Å². The van der Waals surface area contributed by atoms with Crippen LogP contribution in [-0.2, 0) is 6.42 Å². The quantitative estimate of drug-likeness (QED) is 0.858. The van der Waals surface area contributed by atoms with Crippen LogP contribution in [0.15, 0.2) is 28.7 Å². The Labute approximate surface area is 109 Å². The predicted molar refractivity (Wildman–Crippen MR) is 69.1 cm³/mol. The zero-order valence-corrected chi connectivity index (χ0v) is 11.4. The summed E-state index contributed by atoms with van der Waals surface area (Å²) < 4.78 is 2.82. The molecule has 0 saturated carbocycles. The Morgan fingerprint density at radius 1 is 1.24 bits per heavy atom. The van der Waals surface area contributed by atoms with E-state index in [-0.39, 0.29) is 0 Å². The van der Waals surface area contributed by atoms with Gasteiger partial charge in [-0.25, -0.2) is 0 Å². The van der Waals surface area contributed by atoms with Gasteiger partial charge in [-0.15, -0.1) is 5.10 Å². The Hall–Kier alpha value is -1.27. The lowest BCUT2D eigenvalue weighted by Gasteiger charge is -2.09. The number of hydrogen-bond acceptors (Lipinski definition) is 4. The predicted octanol–water partition coefficient (Wildman–Crippen LogP) is 1.53. The minimum Gasteiger partial charge on any atom is -0.309 e. The molecule has 0 atom stereocenters. The van der Waals surface area contributed by atoms with Crippen LogP contribution in [0.25, 0.3) is 5.69 Å². The molecule has 0 aliphatic rings. The van der Waals surface area contributed by atoms with Crippen molar-refractivity contribution >= 4 is 15.9 Å². The van der Waals surface area contributed by atoms with Gasteiger partial charge < -0.3 is 4.90 Å². The first-order chi connectivity index (χ1) is 8.16. The van der Waals surface area contributed by atoms with Gasteiger partial charge in [0.25, 0.3) is 0 Å². The van der Waals surface area contributed by atoms with Crippen LogP contribution in [0, 0.1) is 0 Å². The standard InChI is InChI=1S/C11H14BrN5/c1-16(2)8-7-11-13-14-15-17(11)10-5-3-9(12)4-6-10/h3-6H,7-8H2,1-2H3. The molecule has 0 fully saturated rings. The van der Waals surface area contributed by atoms with Crippen LogP contribution in [0.3, 0.4) is 0 Å². The highest BCUT2D eigenvalue weighted by atomic mass is 79.9. The van der Waals surface area contributed by atoms with Crippen molar-refractivity contribution in [1.82, 2.24) is 25.1 Å². The van der Waals surface area contributed by atoms with Crippen LogP contribution in [0.4, 0.5) is 0 Å². The van der Waals surface area contributed by atoms with Crippen LogP contribution < -0.4 is 0 Å². The van der Waals surface area contributed by atoms with E-state index in [4.69, 9.17) is 0 Å². The Morgan fingerprint density at radius 2 is 1.94 bits per heavy atom. The Kier molecular flexibility index (Phi) is 3.86. The molecule has 1 aromatic carbocycles. The Bertz CT molecular complexity index is 477. The first-order valence-electron chi connectivity index (χ1n) is 5.35. The largest absolute Gasteiger partial charge is 0.309 e. The van der Waals surface area contributed by atoms with Crippen molar-refractivity contribution in [3.8, 4) is 5.69 Å². The van der Waals surface area contributed by atoms with E-state index in [1.807, 2.05) is 38.4 Å². The second kappa shape index (κ2) is 5.37. The second-order valence-electron chi connectivity index (χ2n) is 4.04. The van der Waals surface area contributed by atoms with Crippen molar-refractivity contribution < 1.29 is 0 Å². The van der Waals surface area contributed by atoms with Crippen LogP contribution in [0.2, 0.25) is 0 Å². The number of hydrogen-bond donors (Lipinski definition) is 0. The van der Waals surface area contributed by atoms with Crippen LogP contribution >= 0.6 is 15.9 Å². The molecule has 1 heterocycles. The smallest absolute Gasteiger partial charge is 0.157 e. The molecule has 0 aliphatic carbocycles. The van der Waals surface area contributed by atoms with E-state index in [1.54, 1.807) is 4.68 Å². The maximum absolute atomic E-state index is 4.05. The average molecular weight is 296 g/mol. The fourth-order valence-electron chi connectivity index (χ4n) is 1.47. The van der Waals surface area contributed by atoms with Gasteiger partial charge in [-0.2, -0.15) is 4.68 Å². The molecule has 2 aromatic rings. The number of tetrazole rings is 1. The molecule has 17 heavy (non-hydrogen) atoms. The van der Waals surface area contributed by atoms with Gasteiger partial charge in [-0.3, -0.25) is 0 Å². The van der Waals surface area contributed by atoms with Gasteiger partial charge in [0.05, 0.1) is 5.69 Å². The summed E-state index contributed by atoms with van der Waals surface area (Å²) in [6, 6.07) is 7.93. The van der Waals surface area contributed by atoms with E-state index in [0.717, 1.165) is 29.0 Å². The third kappa shape index (κ3) is 3.10. The minimum absolute atomic E-state index is 0.829. The Balaban J connectivity index is 2.21. The molecule has 0 bridgehead atoms. The number of likely N-dealkylation sites (N-methyl/N-ethyl adjacent to an activating group) is 1. The van der Waals surface area contributed by atoms with Gasteiger partial charge >= 0.3 is 0 Å². The van der Waals surface area contributed by atoms with Gasteiger partial charge in [-0.1, -0.05) is 15.9 Å². The zero-order valence-electron chi connectivity index (χ0n) is 9.84. The maximum Gasteiger partial charge on any atom is 0.157 e. The lowest BCUT2D eigenvalue weighted by atomic mass is 10.3. The average Bonchev–Trinajstić information content (AvgIpc) is 2.75. The Morgan fingerprint density at radius 3 is 2.59 bits per heavy atom. The molecule has 0 saturated heterocycles. The minimum atomic E-state index is 0.829. The van der Waals surface area contributed by atoms with Gasteiger partial charge in [0, 0.05) is 17.4 Å². The summed E-state index contributed by atoms with van der Waals surface area (Å²) in [4.78, 5) is 2.11. The van der Waals surface area contributed by atoms with Crippen molar-refractivity contribution in [2.45, 2.75) is 6.42 Å². The van der Waals surface area contributed by atoms with E-state index in [2.05, 4.69) is 36.4 Å².